The minimum atomic E-state index is -0.303. The SMILES string of the molecule is Cn1cnnc1Cn1cc2c(c1)C(O)CCCC2. The molecule has 96 valence electrons. The van der Waals surface area contributed by atoms with Crippen LogP contribution in [0.2, 0.25) is 0 Å². The highest BCUT2D eigenvalue weighted by molar-refractivity contribution is 5.28. The standard InChI is InChI=1S/C13H18N4O/c1-16-9-14-15-13(16)8-17-6-10-4-2-3-5-12(18)11(10)7-17/h6-7,9,12,18H,2-5,8H2,1H3. The number of aliphatic hydroxyl groups excluding tert-OH is 1. The molecule has 2 aromatic heterocycles. The molecule has 0 saturated heterocycles. The van der Waals surface area contributed by atoms with E-state index < -0.39 is 0 Å². The maximum Gasteiger partial charge on any atom is 0.152 e. The van der Waals surface area contributed by atoms with E-state index in [4.69, 9.17) is 0 Å². The van der Waals surface area contributed by atoms with E-state index in [1.807, 2.05) is 11.6 Å². The molecule has 2 aromatic rings. The molecule has 0 fully saturated rings. The highest BCUT2D eigenvalue weighted by Gasteiger charge is 2.18. The van der Waals surface area contributed by atoms with Crippen LogP contribution >= 0.6 is 0 Å². The predicted molar refractivity (Wildman–Crippen MR) is 67.1 cm³/mol. The number of aliphatic hydroxyl groups is 1. The van der Waals surface area contributed by atoms with Crippen LogP contribution in [0, 0.1) is 0 Å². The molecule has 5 nitrogen and oxygen atoms in total. The molecule has 0 saturated carbocycles. The van der Waals surface area contributed by atoms with Gasteiger partial charge in [0.2, 0.25) is 0 Å². The van der Waals surface area contributed by atoms with Gasteiger partial charge in [-0.2, -0.15) is 0 Å². The highest BCUT2D eigenvalue weighted by atomic mass is 16.3. The molecule has 0 spiro atoms. The summed E-state index contributed by atoms with van der Waals surface area (Å²) in [4.78, 5) is 0. The van der Waals surface area contributed by atoms with Crippen LogP contribution in [0.1, 0.15) is 42.3 Å². The topological polar surface area (TPSA) is 55.9 Å². The normalized spacial score (nSPS) is 19.6. The molecule has 1 N–H and O–H groups in total. The van der Waals surface area contributed by atoms with Crippen molar-refractivity contribution in [1.29, 1.82) is 0 Å². The van der Waals surface area contributed by atoms with Gasteiger partial charge >= 0.3 is 0 Å². The number of aryl methyl sites for hydroxylation is 2. The number of nitrogens with zero attached hydrogens (tertiary/aromatic N) is 4. The van der Waals surface area contributed by atoms with E-state index in [2.05, 4.69) is 27.2 Å². The summed E-state index contributed by atoms with van der Waals surface area (Å²) in [5.41, 5.74) is 2.37. The van der Waals surface area contributed by atoms with Gasteiger partial charge in [0.15, 0.2) is 5.82 Å². The van der Waals surface area contributed by atoms with Crippen molar-refractivity contribution >= 4 is 0 Å². The lowest BCUT2D eigenvalue weighted by Gasteiger charge is -2.06. The van der Waals surface area contributed by atoms with E-state index in [0.717, 1.165) is 37.1 Å². The lowest BCUT2D eigenvalue weighted by atomic mass is 10.1. The predicted octanol–water partition coefficient (Wildman–Crippen LogP) is 1.42. The molecule has 3 rings (SSSR count). The third-order valence-corrected chi connectivity index (χ3v) is 3.66. The summed E-state index contributed by atoms with van der Waals surface area (Å²) in [5, 5.41) is 18.1. The van der Waals surface area contributed by atoms with Gasteiger partial charge < -0.3 is 14.2 Å². The molecule has 0 bridgehead atoms. The van der Waals surface area contributed by atoms with E-state index in [9.17, 15) is 5.11 Å². The zero-order valence-corrected chi connectivity index (χ0v) is 10.6. The Hall–Kier alpha value is -1.62. The fraction of sp³-hybridized carbons (Fsp3) is 0.538. The fourth-order valence-corrected chi connectivity index (χ4v) is 2.60. The van der Waals surface area contributed by atoms with Crippen molar-refractivity contribution in [2.24, 2.45) is 7.05 Å². The molecule has 0 radical (unpaired) electrons. The van der Waals surface area contributed by atoms with Crippen LogP contribution in [0.25, 0.3) is 0 Å². The van der Waals surface area contributed by atoms with E-state index in [0.29, 0.717) is 6.54 Å². The average Bonchev–Trinajstić information content (AvgIpc) is 2.89. The first-order chi connectivity index (χ1) is 8.74. The Morgan fingerprint density at radius 2 is 2.28 bits per heavy atom. The molecule has 0 aromatic carbocycles. The molecule has 1 aliphatic rings. The summed E-state index contributed by atoms with van der Waals surface area (Å²) in [5.74, 6) is 0.926. The van der Waals surface area contributed by atoms with Crippen LogP contribution in [0.4, 0.5) is 0 Å². The third-order valence-electron chi connectivity index (χ3n) is 3.66. The van der Waals surface area contributed by atoms with Crippen LogP contribution in [0.5, 0.6) is 0 Å². The highest BCUT2D eigenvalue weighted by Crippen LogP contribution is 2.29. The van der Waals surface area contributed by atoms with Crippen molar-refractivity contribution in [3.05, 3.63) is 35.7 Å². The summed E-state index contributed by atoms with van der Waals surface area (Å²) in [7, 11) is 1.94. The summed E-state index contributed by atoms with van der Waals surface area (Å²) in [6.07, 6.45) is 9.82. The smallest absolute Gasteiger partial charge is 0.152 e. The molecule has 0 aliphatic heterocycles. The van der Waals surface area contributed by atoms with Crippen LogP contribution < -0.4 is 0 Å². The lowest BCUT2D eigenvalue weighted by Crippen LogP contribution is -2.04. The number of hydrogen-bond donors (Lipinski definition) is 1. The molecule has 2 heterocycles. The van der Waals surface area contributed by atoms with Crippen molar-refractivity contribution in [1.82, 2.24) is 19.3 Å². The molecule has 0 amide bonds. The van der Waals surface area contributed by atoms with Crippen molar-refractivity contribution in [3.63, 3.8) is 0 Å². The molecule has 5 heteroatoms. The Labute approximate surface area is 106 Å². The Morgan fingerprint density at radius 1 is 1.39 bits per heavy atom. The van der Waals surface area contributed by atoms with Gasteiger partial charge in [0.1, 0.15) is 6.33 Å². The fourth-order valence-electron chi connectivity index (χ4n) is 2.60. The zero-order chi connectivity index (χ0) is 12.5. The first-order valence-corrected chi connectivity index (χ1v) is 6.43. The maximum atomic E-state index is 10.1. The second kappa shape index (κ2) is 4.57. The summed E-state index contributed by atoms with van der Waals surface area (Å²) in [6.45, 7) is 0.705. The van der Waals surface area contributed by atoms with Crippen molar-refractivity contribution in [2.45, 2.75) is 38.3 Å². The van der Waals surface area contributed by atoms with Crippen LogP contribution in [0.3, 0.4) is 0 Å². The molecule has 18 heavy (non-hydrogen) atoms. The average molecular weight is 246 g/mol. The van der Waals surface area contributed by atoms with Gasteiger partial charge in [-0.25, -0.2) is 0 Å². The number of hydrogen-bond acceptors (Lipinski definition) is 3. The van der Waals surface area contributed by atoms with Gasteiger partial charge in [0.25, 0.3) is 0 Å². The van der Waals surface area contributed by atoms with E-state index in [-0.39, 0.29) is 6.10 Å². The Bertz CT molecular complexity index is 543. The van der Waals surface area contributed by atoms with Crippen molar-refractivity contribution in [3.8, 4) is 0 Å². The quantitative estimate of drug-likeness (QED) is 0.815. The van der Waals surface area contributed by atoms with Gasteiger partial charge in [0.05, 0.1) is 12.6 Å². The second-order valence-electron chi connectivity index (χ2n) is 5.03. The van der Waals surface area contributed by atoms with Crippen molar-refractivity contribution < 1.29 is 5.11 Å². The molecule has 1 unspecified atom stereocenters. The zero-order valence-electron chi connectivity index (χ0n) is 10.6. The Morgan fingerprint density at radius 3 is 3.06 bits per heavy atom. The van der Waals surface area contributed by atoms with E-state index in [1.165, 1.54) is 5.56 Å². The molecule has 1 atom stereocenters. The summed E-state index contributed by atoms with van der Waals surface area (Å²) in [6, 6.07) is 0. The monoisotopic (exact) mass is 246 g/mol. The number of rotatable bonds is 2. The minimum absolute atomic E-state index is 0.303. The summed E-state index contributed by atoms with van der Waals surface area (Å²) >= 11 is 0. The first kappa shape index (κ1) is 11.5. The second-order valence-corrected chi connectivity index (χ2v) is 5.03. The van der Waals surface area contributed by atoms with Gasteiger partial charge in [-0.3, -0.25) is 0 Å². The minimum Gasteiger partial charge on any atom is -0.388 e. The van der Waals surface area contributed by atoms with E-state index >= 15 is 0 Å². The van der Waals surface area contributed by atoms with Crippen LogP contribution in [-0.2, 0) is 20.0 Å². The largest absolute Gasteiger partial charge is 0.388 e. The third kappa shape index (κ3) is 2.06. The first-order valence-electron chi connectivity index (χ1n) is 6.43. The van der Waals surface area contributed by atoms with Gasteiger partial charge in [-0.1, -0.05) is 6.42 Å². The number of aromatic nitrogens is 4. The van der Waals surface area contributed by atoms with Gasteiger partial charge in [-0.15, -0.1) is 10.2 Å². The Balaban J connectivity index is 1.87. The summed E-state index contributed by atoms with van der Waals surface area (Å²) < 4.78 is 4.02. The maximum absolute atomic E-state index is 10.1. The lowest BCUT2D eigenvalue weighted by molar-refractivity contribution is 0.166. The Kier molecular flexibility index (Phi) is 2.91. The van der Waals surface area contributed by atoms with Gasteiger partial charge in [-0.05, 0) is 24.8 Å². The molecular formula is C13H18N4O. The molecular weight excluding hydrogens is 228 g/mol. The number of fused-ring (bicyclic) bond motifs is 1. The molecule has 1 aliphatic carbocycles. The van der Waals surface area contributed by atoms with Gasteiger partial charge in [0, 0.05) is 25.0 Å². The van der Waals surface area contributed by atoms with Crippen LogP contribution in [0.15, 0.2) is 18.7 Å². The van der Waals surface area contributed by atoms with Crippen LogP contribution in [-0.4, -0.2) is 24.4 Å². The van der Waals surface area contributed by atoms with Crippen molar-refractivity contribution in [2.75, 3.05) is 0 Å². The van der Waals surface area contributed by atoms with E-state index in [1.54, 1.807) is 6.33 Å².